The second-order valence-corrected chi connectivity index (χ2v) is 4.29. The molecule has 0 radical (unpaired) electrons. The van der Waals surface area contributed by atoms with Crippen LogP contribution in [0.15, 0.2) is 12.4 Å². The standard InChI is InChI=1S/C13H25N3/c1-4-7-12(14-8-5-2)11-16-10-9-15-13(16)6-3/h9-10,12,14H,4-8,11H2,1-3H3. The van der Waals surface area contributed by atoms with E-state index < -0.39 is 0 Å². The topological polar surface area (TPSA) is 29.9 Å². The molecule has 3 nitrogen and oxygen atoms in total. The van der Waals surface area contributed by atoms with Gasteiger partial charge in [0.05, 0.1) is 0 Å². The molecular formula is C13H25N3. The van der Waals surface area contributed by atoms with Crippen molar-refractivity contribution in [1.29, 1.82) is 0 Å². The zero-order valence-electron chi connectivity index (χ0n) is 10.9. The van der Waals surface area contributed by atoms with Crippen molar-refractivity contribution in [3.63, 3.8) is 0 Å². The SMILES string of the molecule is CCCNC(CCC)Cn1ccnc1CC. The van der Waals surface area contributed by atoms with Crippen LogP contribution in [0.25, 0.3) is 0 Å². The van der Waals surface area contributed by atoms with Gasteiger partial charge < -0.3 is 9.88 Å². The monoisotopic (exact) mass is 223 g/mol. The predicted molar refractivity (Wildman–Crippen MR) is 68.6 cm³/mol. The summed E-state index contributed by atoms with van der Waals surface area (Å²) in [6, 6.07) is 0.587. The highest BCUT2D eigenvalue weighted by Crippen LogP contribution is 2.05. The van der Waals surface area contributed by atoms with E-state index in [1.54, 1.807) is 0 Å². The van der Waals surface area contributed by atoms with Crippen LogP contribution in [-0.4, -0.2) is 22.1 Å². The molecule has 0 spiro atoms. The molecule has 1 heterocycles. The Bertz CT molecular complexity index is 280. The molecule has 1 rings (SSSR count). The molecule has 0 bridgehead atoms. The summed E-state index contributed by atoms with van der Waals surface area (Å²) < 4.78 is 2.28. The normalized spacial score (nSPS) is 12.9. The largest absolute Gasteiger partial charge is 0.333 e. The quantitative estimate of drug-likeness (QED) is 0.734. The smallest absolute Gasteiger partial charge is 0.108 e. The molecule has 1 unspecified atom stereocenters. The maximum absolute atomic E-state index is 4.36. The van der Waals surface area contributed by atoms with Crippen molar-refractivity contribution >= 4 is 0 Å². The van der Waals surface area contributed by atoms with E-state index in [0.29, 0.717) is 6.04 Å². The molecule has 1 aromatic rings. The summed E-state index contributed by atoms with van der Waals surface area (Å²) in [7, 11) is 0. The van der Waals surface area contributed by atoms with Gasteiger partial charge in [-0.15, -0.1) is 0 Å². The minimum Gasteiger partial charge on any atom is -0.333 e. The highest BCUT2D eigenvalue weighted by Gasteiger charge is 2.09. The van der Waals surface area contributed by atoms with Crippen LogP contribution in [0.4, 0.5) is 0 Å². The number of aryl methyl sites for hydroxylation is 1. The summed E-state index contributed by atoms with van der Waals surface area (Å²) in [5.41, 5.74) is 0. The Morgan fingerprint density at radius 2 is 2.12 bits per heavy atom. The number of hydrogen-bond donors (Lipinski definition) is 1. The fourth-order valence-electron chi connectivity index (χ4n) is 2.01. The third-order valence-corrected chi connectivity index (χ3v) is 2.86. The second-order valence-electron chi connectivity index (χ2n) is 4.29. The zero-order chi connectivity index (χ0) is 11.8. The van der Waals surface area contributed by atoms with Crippen LogP contribution in [0.3, 0.4) is 0 Å². The van der Waals surface area contributed by atoms with Crippen molar-refractivity contribution in [2.24, 2.45) is 0 Å². The van der Waals surface area contributed by atoms with Gasteiger partial charge >= 0.3 is 0 Å². The first-order valence-electron chi connectivity index (χ1n) is 6.55. The Balaban J connectivity index is 2.52. The Kier molecular flexibility index (Phi) is 6.16. The van der Waals surface area contributed by atoms with Gasteiger partial charge in [0, 0.05) is 31.4 Å². The van der Waals surface area contributed by atoms with Crippen LogP contribution in [0.2, 0.25) is 0 Å². The maximum Gasteiger partial charge on any atom is 0.108 e. The first kappa shape index (κ1) is 13.2. The van der Waals surface area contributed by atoms with Crippen molar-refractivity contribution in [2.45, 2.75) is 59.0 Å². The molecule has 16 heavy (non-hydrogen) atoms. The predicted octanol–water partition coefficient (Wildman–Crippen LogP) is 2.61. The Morgan fingerprint density at radius 1 is 1.31 bits per heavy atom. The number of rotatable bonds is 8. The van der Waals surface area contributed by atoms with Gasteiger partial charge in [-0.05, 0) is 19.4 Å². The summed E-state index contributed by atoms with van der Waals surface area (Å²) in [6.45, 7) is 8.78. The van der Waals surface area contributed by atoms with E-state index in [2.05, 4.69) is 41.8 Å². The average Bonchev–Trinajstić information content (AvgIpc) is 2.73. The molecule has 0 aliphatic rings. The van der Waals surface area contributed by atoms with Gasteiger partial charge in [-0.3, -0.25) is 0 Å². The lowest BCUT2D eigenvalue weighted by molar-refractivity contribution is 0.414. The van der Waals surface area contributed by atoms with Crippen molar-refractivity contribution in [3.8, 4) is 0 Å². The number of aromatic nitrogens is 2. The van der Waals surface area contributed by atoms with E-state index >= 15 is 0 Å². The minimum atomic E-state index is 0.587. The molecule has 0 aliphatic carbocycles. The molecule has 3 heteroatoms. The molecule has 0 fully saturated rings. The van der Waals surface area contributed by atoms with E-state index in [4.69, 9.17) is 0 Å². The fraction of sp³-hybridized carbons (Fsp3) is 0.769. The van der Waals surface area contributed by atoms with Crippen LogP contribution in [0.5, 0.6) is 0 Å². The summed E-state index contributed by atoms with van der Waals surface area (Å²) in [4.78, 5) is 4.36. The van der Waals surface area contributed by atoms with Gasteiger partial charge in [0.25, 0.3) is 0 Å². The fourth-order valence-corrected chi connectivity index (χ4v) is 2.01. The van der Waals surface area contributed by atoms with Crippen LogP contribution in [0.1, 0.15) is 45.9 Å². The van der Waals surface area contributed by atoms with E-state index in [1.165, 1.54) is 25.1 Å². The molecule has 1 aromatic heterocycles. The molecule has 0 amide bonds. The van der Waals surface area contributed by atoms with Gasteiger partial charge in [-0.1, -0.05) is 27.2 Å². The van der Waals surface area contributed by atoms with Crippen molar-refractivity contribution in [1.82, 2.24) is 14.9 Å². The van der Waals surface area contributed by atoms with Crippen molar-refractivity contribution < 1.29 is 0 Å². The van der Waals surface area contributed by atoms with E-state index in [1.807, 2.05) is 6.20 Å². The van der Waals surface area contributed by atoms with Gasteiger partial charge in [0.15, 0.2) is 0 Å². The Labute approximate surface area is 99.3 Å². The van der Waals surface area contributed by atoms with Crippen LogP contribution >= 0.6 is 0 Å². The average molecular weight is 223 g/mol. The van der Waals surface area contributed by atoms with Crippen LogP contribution in [0, 0.1) is 0 Å². The highest BCUT2D eigenvalue weighted by molar-refractivity contribution is 4.92. The van der Waals surface area contributed by atoms with Crippen LogP contribution in [-0.2, 0) is 13.0 Å². The third kappa shape index (κ3) is 3.97. The maximum atomic E-state index is 4.36. The molecule has 92 valence electrons. The van der Waals surface area contributed by atoms with Gasteiger partial charge in [0.1, 0.15) is 5.82 Å². The van der Waals surface area contributed by atoms with Gasteiger partial charge in [-0.2, -0.15) is 0 Å². The van der Waals surface area contributed by atoms with Crippen molar-refractivity contribution in [2.75, 3.05) is 6.54 Å². The zero-order valence-corrected chi connectivity index (χ0v) is 10.9. The third-order valence-electron chi connectivity index (χ3n) is 2.86. The minimum absolute atomic E-state index is 0.587. The summed E-state index contributed by atoms with van der Waals surface area (Å²) in [5, 5.41) is 3.61. The molecule has 1 atom stereocenters. The lowest BCUT2D eigenvalue weighted by atomic mass is 10.1. The van der Waals surface area contributed by atoms with E-state index in [0.717, 1.165) is 19.5 Å². The summed E-state index contributed by atoms with van der Waals surface area (Å²) in [6.07, 6.45) is 8.68. The van der Waals surface area contributed by atoms with E-state index in [-0.39, 0.29) is 0 Å². The van der Waals surface area contributed by atoms with Gasteiger partial charge in [-0.25, -0.2) is 4.98 Å². The summed E-state index contributed by atoms with van der Waals surface area (Å²) in [5.74, 6) is 1.19. The molecule has 1 N–H and O–H groups in total. The number of imidazole rings is 1. The molecular weight excluding hydrogens is 198 g/mol. The highest BCUT2D eigenvalue weighted by atomic mass is 15.1. The Morgan fingerprint density at radius 3 is 2.75 bits per heavy atom. The Hall–Kier alpha value is -0.830. The summed E-state index contributed by atoms with van der Waals surface area (Å²) >= 11 is 0. The molecule has 0 aromatic carbocycles. The molecule has 0 aliphatic heterocycles. The lowest BCUT2D eigenvalue weighted by Crippen LogP contribution is -2.34. The number of hydrogen-bond acceptors (Lipinski definition) is 2. The first-order valence-corrected chi connectivity index (χ1v) is 6.55. The lowest BCUT2D eigenvalue weighted by Gasteiger charge is -2.19. The van der Waals surface area contributed by atoms with Crippen LogP contribution < -0.4 is 5.32 Å². The van der Waals surface area contributed by atoms with Gasteiger partial charge in [0.2, 0.25) is 0 Å². The number of nitrogens with zero attached hydrogens (tertiary/aromatic N) is 2. The second kappa shape index (κ2) is 7.44. The molecule has 0 saturated heterocycles. The molecule has 0 saturated carbocycles. The van der Waals surface area contributed by atoms with E-state index in [9.17, 15) is 0 Å². The first-order chi connectivity index (χ1) is 7.81. The van der Waals surface area contributed by atoms with Crippen molar-refractivity contribution in [3.05, 3.63) is 18.2 Å². The number of nitrogens with one attached hydrogen (secondary N) is 1.